The number of ketones is 1. The van der Waals surface area contributed by atoms with Gasteiger partial charge in [0.15, 0.2) is 5.78 Å². The molecule has 31 heavy (non-hydrogen) atoms. The zero-order valence-corrected chi connectivity index (χ0v) is 17.8. The van der Waals surface area contributed by atoms with Gasteiger partial charge in [0.25, 0.3) is 6.43 Å². The third-order valence-electron chi connectivity index (χ3n) is 6.42. The van der Waals surface area contributed by atoms with Gasteiger partial charge in [-0.3, -0.25) is 4.79 Å². The van der Waals surface area contributed by atoms with E-state index in [9.17, 15) is 13.6 Å². The van der Waals surface area contributed by atoms with E-state index in [0.717, 1.165) is 19.3 Å². The lowest BCUT2D eigenvalue weighted by molar-refractivity contribution is 0.0924. The lowest BCUT2D eigenvalue weighted by atomic mass is 9.71. The summed E-state index contributed by atoms with van der Waals surface area (Å²) in [6.45, 7) is 2.06. The van der Waals surface area contributed by atoms with Crippen molar-refractivity contribution in [2.45, 2.75) is 57.8 Å². The van der Waals surface area contributed by atoms with Crippen LogP contribution in [0.1, 0.15) is 83.4 Å². The highest BCUT2D eigenvalue weighted by molar-refractivity contribution is 5.95. The number of halogens is 2. The van der Waals surface area contributed by atoms with Crippen molar-refractivity contribution >= 4 is 5.78 Å². The minimum Gasteiger partial charge on any atom is -0.481 e. The molecule has 1 atom stereocenters. The lowest BCUT2D eigenvalue weighted by Gasteiger charge is -2.34. The molecule has 0 radical (unpaired) electrons. The van der Waals surface area contributed by atoms with E-state index in [1.54, 1.807) is 12.1 Å². The van der Waals surface area contributed by atoms with Gasteiger partial charge in [-0.2, -0.15) is 0 Å². The predicted octanol–water partition coefficient (Wildman–Crippen LogP) is 6.00. The summed E-state index contributed by atoms with van der Waals surface area (Å²) < 4.78 is 59.3. The van der Waals surface area contributed by atoms with Crippen LogP contribution in [0.25, 0.3) is 0 Å². The van der Waals surface area contributed by atoms with Crippen molar-refractivity contribution in [3.8, 4) is 11.8 Å². The van der Waals surface area contributed by atoms with Crippen LogP contribution >= 0.6 is 0 Å². The first-order valence-electron chi connectivity index (χ1n) is 12.1. The lowest BCUT2D eigenvalue weighted by Crippen LogP contribution is -2.23. The van der Waals surface area contributed by atoms with E-state index < -0.39 is 24.9 Å². The third kappa shape index (κ3) is 5.38. The first kappa shape index (κ1) is 19.1. The van der Waals surface area contributed by atoms with E-state index in [4.69, 9.17) is 13.6 Å². The molecule has 1 aliphatic rings. The Morgan fingerprint density at radius 1 is 1.19 bits per heavy atom. The molecule has 1 aliphatic carbocycles. The molecule has 7 heteroatoms. The Labute approximate surface area is 186 Å². The number of hydrogen-bond donors (Lipinski definition) is 0. The molecule has 0 aliphatic heterocycles. The van der Waals surface area contributed by atoms with Gasteiger partial charge < -0.3 is 9.47 Å². The van der Waals surface area contributed by atoms with Crippen LogP contribution in [0.15, 0.2) is 30.6 Å². The second-order valence-corrected chi connectivity index (χ2v) is 8.02. The average molecular weight is 436 g/mol. The summed E-state index contributed by atoms with van der Waals surface area (Å²) in [4.78, 5) is 20.6. The second kappa shape index (κ2) is 10.6. The normalized spacial score (nSPS) is 21.6. The number of methoxy groups -OCH3 is 2. The molecule has 2 heterocycles. The fraction of sp³-hybridized carbons (Fsp3) is 0.542. The van der Waals surface area contributed by atoms with Crippen LogP contribution in [0, 0.1) is 11.8 Å². The molecule has 2 aromatic heterocycles. The zero-order chi connectivity index (χ0) is 24.9. The van der Waals surface area contributed by atoms with Gasteiger partial charge in [-0.15, -0.1) is 0 Å². The van der Waals surface area contributed by atoms with Crippen molar-refractivity contribution in [2.24, 2.45) is 11.8 Å². The number of rotatable bonds is 9. The van der Waals surface area contributed by atoms with Gasteiger partial charge in [0.05, 0.1) is 23.8 Å². The second-order valence-electron chi connectivity index (χ2n) is 8.02. The van der Waals surface area contributed by atoms with Crippen molar-refractivity contribution in [1.29, 1.82) is 0 Å². The Morgan fingerprint density at radius 3 is 2.55 bits per heavy atom. The molecule has 0 N–H and O–H groups in total. The van der Waals surface area contributed by atoms with Gasteiger partial charge in [0, 0.05) is 30.4 Å². The standard InChI is InChI=1S/C24H30F2N2O3/c1-4-15(13-20(29)18-9-10-21(30-2)28-14-18)16-5-7-17(8-6-16)19-11-12-27-24(31-3)22(19)23(25)26/h9-12,14-17,23H,4-8,13H2,1-3H3/t15-,16?,17?/m0/s1/i3D3. The summed E-state index contributed by atoms with van der Waals surface area (Å²) >= 11 is 0. The summed E-state index contributed by atoms with van der Waals surface area (Å²) in [6, 6.07) is 4.92. The Bertz CT molecular complexity index is 963. The molecule has 0 amide bonds. The van der Waals surface area contributed by atoms with Crippen LogP contribution in [0.5, 0.6) is 11.8 Å². The molecule has 5 nitrogen and oxygen atoms in total. The number of pyridine rings is 2. The zero-order valence-electron chi connectivity index (χ0n) is 20.8. The van der Waals surface area contributed by atoms with Gasteiger partial charge in [-0.1, -0.05) is 13.3 Å². The molecule has 0 bridgehead atoms. The molecule has 1 fully saturated rings. The van der Waals surface area contributed by atoms with Gasteiger partial charge in [0.1, 0.15) is 0 Å². The minimum atomic E-state index is -2.89. The van der Waals surface area contributed by atoms with Crippen LogP contribution in [0.2, 0.25) is 0 Å². The maximum Gasteiger partial charge on any atom is 0.269 e. The monoisotopic (exact) mass is 435 g/mol. The number of ether oxygens (including phenoxy) is 2. The summed E-state index contributed by atoms with van der Waals surface area (Å²) in [5.74, 6) is 0.322. The molecule has 1 saturated carbocycles. The Balaban J connectivity index is 1.68. The quantitative estimate of drug-likeness (QED) is 0.452. The van der Waals surface area contributed by atoms with Gasteiger partial charge in [0.2, 0.25) is 11.8 Å². The summed E-state index contributed by atoms with van der Waals surface area (Å²) in [6.07, 6.45) is 4.18. The fourth-order valence-electron chi connectivity index (χ4n) is 4.69. The van der Waals surface area contributed by atoms with Crippen LogP contribution in [0.3, 0.4) is 0 Å². The van der Waals surface area contributed by atoms with Crippen LogP contribution < -0.4 is 9.47 Å². The van der Waals surface area contributed by atoms with Gasteiger partial charge in [-0.25, -0.2) is 18.7 Å². The van der Waals surface area contributed by atoms with Crippen molar-refractivity contribution in [3.05, 3.63) is 47.3 Å². The topological polar surface area (TPSA) is 61.3 Å². The summed E-state index contributed by atoms with van der Waals surface area (Å²) in [5, 5.41) is 0. The average Bonchev–Trinajstić information content (AvgIpc) is 2.81. The van der Waals surface area contributed by atoms with Gasteiger partial charge in [-0.05, 0) is 61.1 Å². The first-order chi connectivity index (χ1) is 16.1. The SMILES string of the molecule is [2H]C([2H])([2H])Oc1nccc(C2CCC([C@@H](CC)CC(=O)c3ccc(OC)nc3)CC2)c1C(F)F. The van der Waals surface area contributed by atoms with Crippen molar-refractivity contribution in [2.75, 3.05) is 14.1 Å². The highest BCUT2D eigenvalue weighted by Crippen LogP contribution is 2.44. The predicted molar refractivity (Wildman–Crippen MR) is 114 cm³/mol. The van der Waals surface area contributed by atoms with E-state index >= 15 is 0 Å². The van der Waals surface area contributed by atoms with Crippen molar-refractivity contribution in [3.63, 3.8) is 0 Å². The third-order valence-corrected chi connectivity index (χ3v) is 6.42. The smallest absolute Gasteiger partial charge is 0.269 e. The summed E-state index contributed by atoms with van der Waals surface area (Å²) in [7, 11) is -1.34. The summed E-state index contributed by atoms with van der Waals surface area (Å²) in [5.41, 5.74) is 0.514. The van der Waals surface area contributed by atoms with E-state index in [1.807, 2.05) is 0 Å². The molecule has 0 unspecified atom stereocenters. The van der Waals surface area contributed by atoms with Crippen LogP contribution in [0.4, 0.5) is 8.78 Å². The maximum atomic E-state index is 13.9. The number of Topliss-reactive ketones (excluding diaryl/α,β-unsaturated/α-hetero) is 1. The van der Waals surface area contributed by atoms with E-state index in [1.165, 1.54) is 25.6 Å². The van der Waals surface area contributed by atoms with E-state index in [2.05, 4.69) is 16.9 Å². The van der Waals surface area contributed by atoms with Crippen LogP contribution in [-0.2, 0) is 0 Å². The Kier molecular flexibility index (Phi) is 6.57. The molecule has 3 rings (SSSR count). The minimum absolute atomic E-state index is 0.0321. The van der Waals surface area contributed by atoms with E-state index in [-0.39, 0.29) is 17.6 Å². The number of alkyl halides is 2. The Morgan fingerprint density at radius 2 is 1.97 bits per heavy atom. The maximum absolute atomic E-state index is 13.9. The number of aromatic nitrogens is 2. The van der Waals surface area contributed by atoms with Crippen molar-refractivity contribution < 1.29 is 27.2 Å². The van der Waals surface area contributed by atoms with Gasteiger partial charge >= 0.3 is 0 Å². The van der Waals surface area contributed by atoms with E-state index in [0.29, 0.717) is 42.2 Å². The largest absolute Gasteiger partial charge is 0.481 e. The molecular formula is C24H30F2N2O3. The highest BCUT2D eigenvalue weighted by atomic mass is 19.3. The molecule has 0 saturated heterocycles. The number of nitrogens with zero attached hydrogens (tertiary/aromatic N) is 2. The number of hydrogen-bond acceptors (Lipinski definition) is 5. The highest BCUT2D eigenvalue weighted by Gasteiger charge is 2.32. The fourth-order valence-corrected chi connectivity index (χ4v) is 4.69. The molecular weight excluding hydrogens is 402 g/mol. The molecule has 0 aromatic carbocycles. The molecule has 168 valence electrons. The number of carbonyl (C=O) groups is 1. The number of carbonyl (C=O) groups excluding carboxylic acids is 1. The first-order valence-corrected chi connectivity index (χ1v) is 10.6. The molecule has 2 aromatic rings. The van der Waals surface area contributed by atoms with Crippen molar-refractivity contribution in [1.82, 2.24) is 9.97 Å². The van der Waals surface area contributed by atoms with Crippen LogP contribution in [-0.4, -0.2) is 29.9 Å². The Hall–Kier alpha value is -2.57. The molecule has 0 spiro atoms.